The van der Waals surface area contributed by atoms with Crippen molar-refractivity contribution in [3.05, 3.63) is 69.2 Å². The molecular formula is C20H22BrClN2O2S. The molecule has 0 aliphatic rings. The van der Waals surface area contributed by atoms with Crippen LogP contribution in [0.25, 0.3) is 0 Å². The van der Waals surface area contributed by atoms with Crippen molar-refractivity contribution >= 4 is 51.1 Å². The summed E-state index contributed by atoms with van der Waals surface area (Å²) in [4.78, 5) is 26.6. The Kier molecular flexibility index (Phi) is 8.67. The molecule has 0 aromatic heterocycles. The lowest BCUT2D eigenvalue weighted by Crippen LogP contribution is -2.47. The van der Waals surface area contributed by atoms with Gasteiger partial charge in [0.1, 0.15) is 6.04 Å². The van der Waals surface area contributed by atoms with Crippen molar-refractivity contribution < 1.29 is 9.59 Å². The molecule has 0 fully saturated rings. The van der Waals surface area contributed by atoms with E-state index in [0.29, 0.717) is 17.3 Å². The molecule has 7 heteroatoms. The van der Waals surface area contributed by atoms with E-state index in [0.717, 1.165) is 15.6 Å². The second-order valence-electron chi connectivity index (χ2n) is 6.03. The fraction of sp³-hybridized carbons (Fsp3) is 0.300. The maximum atomic E-state index is 12.8. The maximum absolute atomic E-state index is 12.8. The second kappa shape index (κ2) is 10.7. The minimum Gasteiger partial charge on any atom is -0.357 e. The van der Waals surface area contributed by atoms with Crippen LogP contribution in [0.1, 0.15) is 18.1 Å². The number of halogens is 2. The Labute approximate surface area is 177 Å². The zero-order valence-corrected chi connectivity index (χ0v) is 18.4. The van der Waals surface area contributed by atoms with Crippen molar-refractivity contribution in [2.75, 3.05) is 12.8 Å². The number of thioether (sulfide) groups is 1. The Morgan fingerprint density at radius 2 is 1.96 bits per heavy atom. The van der Waals surface area contributed by atoms with E-state index in [1.807, 2.05) is 48.5 Å². The van der Waals surface area contributed by atoms with Gasteiger partial charge in [-0.3, -0.25) is 9.59 Å². The van der Waals surface area contributed by atoms with Gasteiger partial charge in [-0.25, -0.2) is 0 Å². The lowest BCUT2D eigenvalue weighted by molar-refractivity contribution is -0.138. The highest BCUT2D eigenvalue weighted by molar-refractivity contribution is 9.10. The Hall–Kier alpha value is -1.50. The largest absolute Gasteiger partial charge is 0.357 e. The molecular weight excluding hydrogens is 448 g/mol. The van der Waals surface area contributed by atoms with Gasteiger partial charge in [0.15, 0.2) is 0 Å². The van der Waals surface area contributed by atoms with E-state index < -0.39 is 6.04 Å². The Balaban J connectivity index is 2.06. The minimum absolute atomic E-state index is 0.0804. The molecule has 4 nitrogen and oxygen atoms in total. The molecule has 0 spiro atoms. The van der Waals surface area contributed by atoms with E-state index in [-0.39, 0.29) is 17.6 Å². The summed E-state index contributed by atoms with van der Waals surface area (Å²) in [6, 6.07) is 14.8. The first kappa shape index (κ1) is 21.8. The van der Waals surface area contributed by atoms with Crippen molar-refractivity contribution in [3.8, 4) is 0 Å². The third-order valence-corrected chi connectivity index (χ3v) is 5.92. The van der Waals surface area contributed by atoms with Crippen molar-refractivity contribution in [1.29, 1.82) is 0 Å². The van der Waals surface area contributed by atoms with Crippen LogP contribution >= 0.6 is 39.3 Å². The molecule has 1 unspecified atom stereocenters. The molecule has 2 amide bonds. The summed E-state index contributed by atoms with van der Waals surface area (Å²) in [6.45, 7) is 2.12. The summed E-state index contributed by atoms with van der Waals surface area (Å²) in [5.41, 5.74) is 1.96. The highest BCUT2D eigenvalue weighted by Crippen LogP contribution is 2.22. The average Bonchev–Trinajstić information content (AvgIpc) is 2.66. The number of amides is 2. The zero-order chi connectivity index (χ0) is 19.8. The molecule has 1 atom stereocenters. The van der Waals surface area contributed by atoms with Crippen LogP contribution < -0.4 is 5.32 Å². The van der Waals surface area contributed by atoms with Gasteiger partial charge in [0, 0.05) is 28.8 Å². The fourth-order valence-corrected chi connectivity index (χ4v) is 4.21. The standard InChI is InChI=1S/C20H22BrClN2O2S/c1-14(20(26)23-2)24(11-15-6-5-8-17(21)10-15)19(25)13-27-12-16-7-3-4-9-18(16)22/h3-10,14H,11-13H2,1-2H3,(H,23,26). The van der Waals surface area contributed by atoms with Gasteiger partial charge in [0.05, 0.1) is 5.75 Å². The van der Waals surface area contributed by atoms with Gasteiger partial charge in [-0.05, 0) is 36.2 Å². The Morgan fingerprint density at radius 1 is 1.22 bits per heavy atom. The first-order chi connectivity index (χ1) is 12.9. The van der Waals surface area contributed by atoms with Crippen molar-refractivity contribution in [2.45, 2.75) is 25.3 Å². The number of benzene rings is 2. The first-order valence-corrected chi connectivity index (χ1v) is 10.8. The Morgan fingerprint density at radius 3 is 2.63 bits per heavy atom. The van der Waals surface area contributed by atoms with Crippen LogP contribution in [0.3, 0.4) is 0 Å². The summed E-state index contributed by atoms with van der Waals surface area (Å²) in [7, 11) is 1.58. The molecule has 2 aromatic carbocycles. The predicted molar refractivity (Wildman–Crippen MR) is 116 cm³/mol. The van der Waals surface area contributed by atoms with Crippen LogP contribution in [0.4, 0.5) is 0 Å². The van der Waals surface area contributed by atoms with Gasteiger partial charge in [-0.1, -0.05) is 57.9 Å². The summed E-state index contributed by atoms with van der Waals surface area (Å²) < 4.78 is 0.938. The molecule has 27 heavy (non-hydrogen) atoms. The lowest BCUT2D eigenvalue weighted by Gasteiger charge is -2.28. The van der Waals surface area contributed by atoms with Gasteiger partial charge in [0.25, 0.3) is 0 Å². The van der Waals surface area contributed by atoms with E-state index in [1.54, 1.807) is 18.9 Å². The number of carbonyl (C=O) groups excluding carboxylic acids is 2. The number of likely N-dealkylation sites (N-methyl/N-ethyl adjacent to an activating group) is 1. The molecule has 0 bridgehead atoms. The van der Waals surface area contributed by atoms with Gasteiger partial charge < -0.3 is 10.2 Å². The van der Waals surface area contributed by atoms with Crippen LogP contribution in [-0.2, 0) is 21.9 Å². The monoisotopic (exact) mass is 468 g/mol. The zero-order valence-electron chi connectivity index (χ0n) is 15.2. The number of nitrogens with one attached hydrogen (secondary N) is 1. The van der Waals surface area contributed by atoms with Crippen LogP contribution in [0.5, 0.6) is 0 Å². The number of hydrogen-bond donors (Lipinski definition) is 1. The van der Waals surface area contributed by atoms with E-state index >= 15 is 0 Å². The van der Waals surface area contributed by atoms with Crippen molar-refractivity contribution in [2.24, 2.45) is 0 Å². The van der Waals surface area contributed by atoms with E-state index in [9.17, 15) is 9.59 Å². The quantitative estimate of drug-likeness (QED) is 0.619. The third kappa shape index (κ3) is 6.55. The highest BCUT2D eigenvalue weighted by Gasteiger charge is 2.25. The molecule has 0 radical (unpaired) electrons. The van der Waals surface area contributed by atoms with E-state index in [1.165, 1.54) is 11.8 Å². The number of hydrogen-bond acceptors (Lipinski definition) is 3. The molecule has 0 saturated heterocycles. The summed E-state index contributed by atoms with van der Waals surface area (Å²) in [6.07, 6.45) is 0. The molecule has 0 saturated carbocycles. The van der Waals surface area contributed by atoms with Gasteiger partial charge in [0.2, 0.25) is 11.8 Å². The number of rotatable bonds is 8. The van der Waals surface area contributed by atoms with Gasteiger partial charge in [-0.15, -0.1) is 11.8 Å². The van der Waals surface area contributed by atoms with Crippen LogP contribution in [0.2, 0.25) is 5.02 Å². The van der Waals surface area contributed by atoms with Crippen molar-refractivity contribution in [3.63, 3.8) is 0 Å². The lowest BCUT2D eigenvalue weighted by atomic mass is 10.1. The van der Waals surface area contributed by atoms with Crippen LogP contribution in [0, 0.1) is 0 Å². The van der Waals surface area contributed by atoms with Gasteiger partial charge in [-0.2, -0.15) is 0 Å². The number of carbonyl (C=O) groups is 2. The van der Waals surface area contributed by atoms with Crippen LogP contribution in [0.15, 0.2) is 53.0 Å². The van der Waals surface area contributed by atoms with Crippen LogP contribution in [-0.4, -0.2) is 35.6 Å². The van der Waals surface area contributed by atoms with Crippen molar-refractivity contribution in [1.82, 2.24) is 10.2 Å². The SMILES string of the molecule is CNC(=O)C(C)N(Cc1cccc(Br)c1)C(=O)CSCc1ccccc1Cl. The summed E-state index contributed by atoms with van der Waals surface area (Å²) >= 11 is 11.1. The summed E-state index contributed by atoms with van der Waals surface area (Å²) in [5.74, 6) is 0.656. The normalized spacial score (nSPS) is 11.7. The third-order valence-electron chi connectivity index (χ3n) is 4.10. The van der Waals surface area contributed by atoms with E-state index in [4.69, 9.17) is 11.6 Å². The van der Waals surface area contributed by atoms with Gasteiger partial charge >= 0.3 is 0 Å². The average molecular weight is 470 g/mol. The molecule has 0 aliphatic carbocycles. The summed E-state index contributed by atoms with van der Waals surface area (Å²) in [5, 5.41) is 3.32. The maximum Gasteiger partial charge on any atom is 0.242 e. The first-order valence-electron chi connectivity index (χ1n) is 8.49. The highest BCUT2D eigenvalue weighted by atomic mass is 79.9. The molecule has 2 aromatic rings. The molecule has 0 heterocycles. The minimum atomic E-state index is -0.553. The number of nitrogens with zero attached hydrogens (tertiary/aromatic N) is 1. The molecule has 0 aliphatic heterocycles. The van der Waals surface area contributed by atoms with E-state index in [2.05, 4.69) is 21.2 Å². The Bertz CT molecular complexity index is 803. The second-order valence-corrected chi connectivity index (χ2v) is 8.33. The topological polar surface area (TPSA) is 49.4 Å². The predicted octanol–water partition coefficient (Wildman–Crippen LogP) is 4.50. The smallest absolute Gasteiger partial charge is 0.242 e. The molecule has 1 N–H and O–H groups in total. The molecule has 2 rings (SSSR count). The molecule has 144 valence electrons. The fourth-order valence-electron chi connectivity index (χ4n) is 2.57.